The molecule has 1 N–H and O–H groups in total. The van der Waals surface area contributed by atoms with Crippen LogP contribution in [0.3, 0.4) is 0 Å². The van der Waals surface area contributed by atoms with Gasteiger partial charge in [0.15, 0.2) is 5.17 Å². The van der Waals surface area contributed by atoms with Crippen molar-refractivity contribution in [2.75, 3.05) is 23.8 Å². The van der Waals surface area contributed by atoms with Crippen LogP contribution in [0.4, 0.5) is 0 Å². The van der Waals surface area contributed by atoms with Gasteiger partial charge in [-0.1, -0.05) is 25.6 Å². The molecule has 2 saturated heterocycles. The fourth-order valence-electron chi connectivity index (χ4n) is 2.00. The van der Waals surface area contributed by atoms with E-state index in [4.69, 9.17) is 4.99 Å². The van der Waals surface area contributed by atoms with Gasteiger partial charge in [0.25, 0.3) is 0 Å². The van der Waals surface area contributed by atoms with Crippen molar-refractivity contribution in [2.24, 2.45) is 16.8 Å². The van der Waals surface area contributed by atoms with Gasteiger partial charge in [-0.05, 0) is 36.2 Å². The highest BCUT2D eigenvalue weighted by Gasteiger charge is 2.23. The molecule has 0 aromatic heterocycles. The van der Waals surface area contributed by atoms with Gasteiger partial charge in [0.05, 0.1) is 0 Å². The Morgan fingerprint density at radius 1 is 1.38 bits per heavy atom. The van der Waals surface area contributed by atoms with E-state index in [-0.39, 0.29) is 0 Å². The summed E-state index contributed by atoms with van der Waals surface area (Å²) in [4.78, 5) is 4.74. The number of aliphatic imine (C=N–C) groups is 1. The fraction of sp³-hybridized carbons (Fsp3) is 0.917. The molecule has 1 atom stereocenters. The van der Waals surface area contributed by atoms with Crippen molar-refractivity contribution in [2.45, 2.75) is 32.7 Å². The maximum atomic E-state index is 4.74. The molecule has 16 heavy (non-hydrogen) atoms. The van der Waals surface area contributed by atoms with Crippen LogP contribution in [-0.4, -0.2) is 35.0 Å². The standard InChI is InChI=1S/C12H22N2S2/c1-9(2)11-8-16-12(14-11)13-7-10-3-5-15-6-4-10/h9-11H,3-8H2,1-2H3,(H,13,14)/t11-/m1/s1. The normalized spacial score (nSPS) is 29.9. The molecule has 4 heteroatoms. The van der Waals surface area contributed by atoms with Crippen LogP contribution in [0.15, 0.2) is 4.99 Å². The average Bonchev–Trinajstić information content (AvgIpc) is 2.76. The first-order valence-corrected chi connectivity index (χ1v) is 8.41. The first kappa shape index (κ1) is 12.6. The first-order valence-electron chi connectivity index (χ1n) is 6.27. The highest BCUT2D eigenvalue weighted by Crippen LogP contribution is 2.24. The smallest absolute Gasteiger partial charge is 0.156 e. The van der Waals surface area contributed by atoms with Gasteiger partial charge in [-0.2, -0.15) is 11.8 Å². The summed E-state index contributed by atoms with van der Waals surface area (Å²) in [5.74, 6) is 5.42. The van der Waals surface area contributed by atoms with E-state index in [0.717, 1.165) is 12.5 Å². The summed E-state index contributed by atoms with van der Waals surface area (Å²) in [6, 6.07) is 0.630. The van der Waals surface area contributed by atoms with E-state index in [0.29, 0.717) is 12.0 Å². The van der Waals surface area contributed by atoms with E-state index in [1.807, 2.05) is 11.8 Å². The summed E-state index contributed by atoms with van der Waals surface area (Å²) in [7, 11) is 0. The van der Waals surface area contributed by atoms with Gasteiger partial charge >= 0.3 is 0 Å². The van der Waals surface area contributed by atoms with Crippen molar-refractivity contribution >= 4 is 28.7 Å². The summed E-state index contributed by atoms with van der Waals surface area (Å²) in [6.45, 7) is 5.60. The van der Waals surface area contributed by atoms with Crippen LogP contribution >= 0.6 is 23.5 Å². The van der Waals surface area contributed by atoms with E-state index in [2.05, 4.69) is 30.9 Å². The topological polar surface area (TPSA) is 24.4 Å². The molecule has 0 radical (unpaired) electrons. The molecular weight excluding hydrogens is 236 g/mol. The zero-order valence-electron chi connectivity index (χ0n) is 10.2. The average molecular weight is 258 g/mol. The third-order valence-electron chi connectivity index (χ3n) is 3.35. The van der Waals surface area contributed by atoms with E-state index in [1.54, 1.807) is 0 Å². The number of thioether (sulfide) groups is 2. The summed E-state index contributed by atoms with van der Waals surface area (Å²) in [5.41, 5.74) is 0. The monoisotopic (exact) mass is 258 g/mol. The third-order valence-corrected chi connectivity index (χ3v) is 5.44. The Hall–Kier alpha value is 0.170. The quantitative estimate of drug-likeness (QED) is 0.842. The Morgan fingerprint density at radius 2 is 2.12 bits per heavy atom. The van der Waals surface area contributed by atoms with Crippen molar-refractivity contribution in [3.63, 3.8) is 0 Å². The molecule has 0 saturated carbocycles. The Labute approximate surface area is 107 Å². The zero-order chi connectivity index (χ0) is 11.4. The van der Waals surface area contributed by atoms with Crippen LogP contribution in [0, 0.1) is 11.8 Å². The van der Waals surface area contributed by atoms with E-state index < -0.39 is 0 Å². The fourth-order valence-corrected chi connectivity index (χ4v) is 4.41. The lowest BCUT2D eigenvalue weighted by atomic mass is 10.0. The van der Waals surface area contributed by atoms with Crippen LogP contribution in [0.5, 0.6) is 0 Å². The van der Waals surface area contributed by atoms with E-state index >= 15 is 0 Å². The predicted octanol–water partition coefficient (Wildman–Crippen LogP) is 2.85. The maximum Gasteiger partial charge on any atom is 0.156 e. The first-order chi connectivity index (χ1) is 7.75. The second-order valence-corrected chi connectivity index (χ2v) is 7.24. The van der Waals surface area contributed by atoms with Crippen LogP contribution in [0.1, 0.15) is 26.7 Å². The van der Waals surface area contributed by atoms with Gasteiger partial charge in [0, 0.05) is 18.3 Å². The van der Waals surface area contributed by atoms with Crippen molar-refractivity contribution < 1.29 is 0 Å². The molecule has 0 aliphatic carbocycles. The molecule has 0 aromatic rings. The van der Waals surface area contributed by atoms with Crippen LogP contribution in [-0.2, 0) is 0 Å². The van der Waals surface area contributed by atoms with Crippen molar-refractivity contribution in [3.8, 4) is 0 Å². The third kappa shape index (κ3) is 3.59. The van der Waals surface area contributed by atoms with E-state index in [9.17, 15) is 0 Å². The Balaban J connectivity index is 1.75. The SMILES string of the molecule is CC(C)[C@H]1CSC(=NCC2CCSCC2)N1. The molecule has 2 aliphatic heterocycles. The Kier molecular flexibility index (Phi) is 4.89. The summed E-state index contributed by atoms with van der Waals surface area (Å²) >= 11 is 3.99. The molecule has 2 nitrogen and oxygen atoms in total. The summed E-state index contributed by atoms with van der Waals surface area (Å²) < 4.78 is 0. The minimum Gasteiger partial charge on any atom is -0.361 e. The van der Waals surface area contributed by atoms with Gasteiger partial charge in [0.1, 0.15) is 0 Å². The highest BCUT2D eigenvalue weighted by molar-refractivity contribution is 8.14. The zero-order valence-corrected chi connectivity index (χ0v) is 11.9. The maximum absolute atomic E-state index is 4.74. The van der Waals surface area contributed by atoms with Gasteiger partial charge < -0.3 is 5.32 Å². The number of amidine groups is 1. The van der Waals surface area contributed by atoms with E-state index in [1.165, 1.54) is 35.3 Å². The minimum absolute atomic E-state index is 0.630. The van der Waals surface area contributed by atoms with Crippen molar-refractivity contribution in [1.29, 1.82) is 0 Å². The molecule has 2 aliphatic rings. The van der Waals surface area contributed by atoms with Crippen LogP contribution < -0.4 is 5.32 Å². The van der Waals surface area contributed by atoms with Gasteiger partial charge in [-0.3, -0.25) is 4.99 Å². The lowest BCUT2D eigenvalue weighted by molar-refractivity contribution is 0.492. The molecule has 0 bridgehead atoms. The molecule has 0 spiro atoms. The number of hydrogen-bond donors (Lipinski definition) is 1. The molecule has 0 amide bonds. The molecule has 2 fully saturated rings. The van der Waals surface area contributed by atoms with Crippen LogP contribution in [0.2, 0.25) is 0 Å². The Bertz CT molecular complexity index is 247. The van der Waals surface area contributed by atoms with Crippen molar-refractivity contribution in [1.82, 2.24) is 5.32 Å². The largest absolute Gasteiger partial charge is 0.361 e. The molecule has 2 heterocycles. The van der Waals surface area contributed by atoms with Gasteiger partial charge in [-0.15, -0.1) is 0 Å². The highest BCUT2D eigenvalue weighted by atomic mass is 32.2. The molecule has 2 rings (SSSR count). The summed E-state index contributed by atoms with van der Waals surface area (Å²) in [5, 5.41) is 4.73. The van der Waals surface area contributed by atoms with Gasteiger partial charge in [0.2, 0.25) is 0 Å². The predicted molar refractivity (Wildman–Crippen MR) is 76.6 cm³/mol. The lowest BCUT2D eigenvalue weighted by Crippen LogP contribution is -2.31. The van der Waals surface area contributed by atoms with Gasteiger partial charge in [-0.25, -0.2) is 0 Å². The number of nitrogens with one attached hydrogen (secondary N) is 1. The number of rotatable bonds is 3. The summed E-state index contributed by atoms with van der Waals surface area (Å²) in [6.07, 6.45) is 2.72. The molecule has 92 valence electrons. The van der Waals surface area contributed by atoms with Crippen LogP contribution in [0.25, 0.3) is 0 Å². The molecular formula is C12H22N2S2. The molecule has 0 aromatic carbocycles. The lowest BCUT2D eigenvalue weighted by Gasteiger charge is -2.19. The molecule has 0 unspecified atom stereocenters. The Morgan fingerprint density at radius 3 is 2.75 bits per heavy atom. The number of hydrogen-bond acceptors (Lipinski definition) is 3. The minimum atomic E-state index is 0.630. The van der Waals surface area contributed by atoms with Crippen molar-refractivity contribution in [3.05, 3.63) is 0 Å². The number of nitrogens with zero attached hydrogens (tertiary/aromatic N) is 1. The second-order valence-electron chi connectivity index (χ2n) is 5.01. The second kappa shape index (κ2) is 6.20.